The van der Waals surface area contributed by atoms with Gasteiger partial charge in [0.15, 0.2) is 0 Å². The number of carbonyl (C=O) groups is 1. The van der Waals surface area contributed by atoms with E-state index < -0.39 is 33.5 Å². The molecule has 1 fully saturated rings. The van der Waals surface area contributed by atoms with Crippen LogP contribution in [0.15, 0.2) is 35.4 Å². The number of carboxylic acid groups (broad SMARTS) is 1. The Morgan fingerprint density at radius 3 is 2.75 bits per heavy atom. The lowest BCUT2D eigenvalue weighted by Crippen LogP contribution is -2.59. The monoisotopic (exact) mass is 355 g/mol. The summed E-state index contributed by atoms with van der Waals surface area (Å²) in [5.41, 5.74) is 5.32. The number of halogens is 1. The third-order valence-corrected chi connectivity index (χ3v) is 6.30. The minimum absolute atomic E-state index is 0.145. The van der Waals surface area contributed by atoms with E-state index in [0.29, 0.717) is 0 Å². The first-order valence-electron chi connectivity index (χ1n) is 7.45. The highest BCUT2D eigenvalue weighted by molar-refractivity contribution is 7.96. The van der Waals surface area contributed by atoms with Crippen molar-refractivity contribution in [3.05, 3.63) is 41.2 Å². The van der Waals surface area contributed by atoms with Gasteiger partial charge in [-0.3, -0.25) is 4.31 Å². The molecule has 2 atom stereocenters. The van der Waals surface area contributed by atoms with Crippen LogP contribution in [0.4, 0.5) is 14.9 Å². The number of hydrogen-bond acceptors (Lipinski definition) is 4. The largest absolute Gasteiger partial charge is 0.465 e. The molecule has 0 bridgehead atoms. The van der Waals surface area contributed by atoms with E-state index in [1.54, 1.807) is 6.92 Å². The molecular formula is C15H18FN3O4S. The summed E-state index contributed by atoms with van der Waals surface area (Å²) < 4.78 is 39.9. The quantitative estimate of drug-likeness (QED) is 0.797. The lowest BCUT2D eigenvalue weighted by Gasteiger charge is -2.47. The first kappa shape index (κ1) is 16.6. The summed E-state index contributed by atoms with van der Waals surface area (Å²) in [6, 6.07) is 4.87. The smallest absolute Gasteiger partial charge is 0.407 e. The Morgan fingerprint density at radius 2 is 2.17 bits per heavy atom. The average molecular weight is 355 g/mol. The molecule has 7 nitrogen and oxygen atoms in total. The number of nitrogens with two attached hydrogens (primary N) is 1. The van der Waals surface area contributed by atoms with Gasteiger partial charge in [-0.05, 0) is 38.0 Å². The van der Waals surface area contributed by atoms with Crippen molar-refractivity contribution in [3.63, 3.8) is 0 Å². The summed E-state index contributed by atoms with van der Waals surface area (Å²) in [7, 11) is -3.86. The van der Waals surface area contributed by atoms with Gasteiger partial charge in [0.2, 0.25) is 0 Å². The van der Waals surface area contributed by atoms with Crippen molar-refractivity contribution < 1.29 is 22.7 Å². The fraction of sp³-hybridized carbons (Fsp3) is 0.400. The van der Waals surface area contributed by atoms with Crippen molar-refractivity contribution >= 4 is 21.8 Å². The topological polar surface area (TPSA) is 104 Å². The number of hydrogen-bond donors (Lipinski definition) is 2. The highest BCUT2D eigenvalue weighted by Gasteiger charge is 2.54. The van der Waals surface area contributed by atoms with Crippen molar-refractivity contribution in [2.45, 2.75) is 31.3 Å². The fourth-order valence-electron chi connectivity index (χ4n) is 3.64. The Morgan fingerprint density at radius 1 is 1.46 bits per heavy atom. The van der Waals surface area contributed by atoms with E-state index in [-0.39, 0.29) is 30.8 Å². The Balaban J connectivity index is 2.08. The van der Waals surface area contributed by atoms with Crippen LogP contribution >= 0.6 is 0 Å². The molecule has 3 N–H and O–H groups in total. The van der Waals surface area contributed by atoms with Gasteiger partial charge < -0.3 is 15.7 Å². The highest BCUT2D eigenvalue weighted by atomic mass is 32.2. The van der Waals surface area contributed by atoms with Crippen molar-refractivity contribution in [1.82, 2.24) is 4.90 Å². The summed E-state index contributed by atoms with van der Waals surface area (Å²) in [6.07, 6.45) is -0.642. The third-order valence-electron chi connectivity index (χ3n) is 4.68. The Labute approximate surface area is 139 Å². The lowest BCUT2D eigenvalue weighted by atomic mass is 9.81. The van der Waals surface area contributed by atoms with Gasteiger partial charge >= 0.3 is 6.09 Å². The molecule has 0 aromatic heterocycles. The number of anilines is 1. The van der Waals surface area contributed by atoms with E-state index in [1.807, 2.05) is 0 Å². The van der Waals surface area contributed by atoms with Crippen LogP contribution in [0.3, 0.4) is 0 Å². The van der Waals surface area contributed by atoms with E-state index in [0.717, 1.165) is 15.8 Å². The Kier molecular flexibility index (Phi) is 3.71. The van der Waals surface area contributed by atoms with Crippen LogP contribution in [-0.4, -0.2) is 42.6 Å². The maximum Gasteiger partial charge on any atom is 0.407 e. The van der Waals surface area contributed by atoms with Crippen LogP contribution in [0.2, 0.25) is 0 Å². The van der Waals surface area contributed by atoms with Gasteiger partial charge in [0.05, 0.1) is 16.6 Å². The molecule has 2 aliphatic heterocycles. The zero-order valence-electron chi connectivity index (χ0n) is 13.0. The summed E-state index contributed by atoms with van der Waals surface area (Å²) in [5, 5.41) is 10.2. The van der Waals surface area contributed by atoms with Gasteiger partial charge in [-0.15, -0.1) is 0 Å². The van der Waals surface area contributed by atoms with Crippen LogP contribution in [0.1, 0.15) is 19.8 Å². The maximum atomic E-state index is 13.6. The number of nitrogens with zero attached hydrogens (tertiary/aromatic N) is 2. The molecule has 0 aliphatic carbocycles. The number of rotatable bonds is 1. The van der Waals surface area contributed by atoms with Crippen LogP contribution in [0, 0.1) is 5.82 Å². The molecule has 9 heteroatoms. The number of piperidine rings is 1. The maximum absolute atomic E-state index is 13.6. The van der Waals surface area contributed by atoms with Gasteiger partial charge in [0.25, 0.3) is 10.0 Å². The zero-order chi connectivity index (χ0) is 17.7. The number of amides is 1. The van der Waals surface area contributed by atoms with Crippen molar-refractivity contribution in [2.75, 3.05) is 10.8 Å². The van der Waals surface area contributed by atoms with Crippen LogP contribution in [0.5, 0.6) is 0 Å². The number of likely N-dealkylation sites (tertiary alicyclic amines) is 1. The number of sulfonamides is 1. The predicted octanol–water partition coefficient (Wildman–Crippen LogP) is 1.68. The molecule has 2 heterocycles. The van der Waals surface area contributed by atoms with E-state index in [4.69, 9.17) is 5.73 Å². The van der Waals surface area contributed by atoms with Crippen LogP contribution in [0.25, 0.3) is 0 Å². The SMILES string of the molecule is CC1CC2(CCN1C(=O)O)C(N)=CS(=O)(=O)N2c1cccc(F)c1. The van der Waals surface area contributed by atoms with Crippen molar-refractivity contribution in [1.29, 1.82) is 0 Å². The average Bonchev–Trinajstić information content (AvgIpc) is 2.64. The summed E-state index contributed by atoms with van der Waals surface area (Å²) >= 11 is 0. The van der Waals surface area contributed by atoms with E-state index in [9.17, 15) is 22.7 Å². The third kappa shape index (κ3) is 2.39. The molecule has 24 heavy (non-hydrogen) atoms. The minimum Gasteiger partial charge on any atom is -0.465 e. The first-order valence-corrected chi connectivity index (χ1v) is 8.96. The zero-order valence-corrected chi connectivity index (χ0v) is 13.8. The Hall–Kier alpha value is -2.29. The second-order valence-electron chi connectivity index (χ2n) is 6.17. The van der Waals surface area contributed by atoms with E-state index in [1.165, 1.54) is 23.1 Å². The van der Waals surface area contributed by atoms with Gasteiger partial charge in [0, 0.05) is 18.3 Å². The van der Waals surface area contributed by atoms with Gasteiger partial charge in [-0.25, -0.2) is 17.6 Å². The lowest BCUT2D eigenvalue weighted by molar-refractivity contribution is 0.0960. The van der Waals surface area contributed by atoms with Crippen LogP contribution < -0.4 is 10.0 Å². The summed E-state index contributed by atoms with van der Waals surface area (Å²) in [6.45, 7) is 1.85. The molecule has 2 aliphatic rings. The standard InChI is InChI=1S/C15H18FN3O4S/c1-10-8-15(5-6-18(10)14(20)21)13(17)9-24(22,23)19(15)12-4-2-3-11(16)7-12/h2-4,7,9-10H,5-6,8,17H2,1H3,(H,20,21). The molecule has 0 saturated carbocycles. The molecule has 130 valence electrons. The van der Waals surface area contributed by atoms with Crippen molar-refractivity contribution in [2.24, 2.45) is 5.73 Å². The van der Waals surface area contributed by atoms with Crippen molar-refractivity contribution in [3.8, 4) is 0 Å². The first-order chi connectivity index (χ1) is 11.2. The Bertz CT molecular complexity index is 826. The van der Waals surface area contributed by atoms with E-state index in [2.05, 4.69) is 0 Å². The molecule has 0 radical (unpaired) electrons. The molecule has 1 aromatic rings. The van der Waals surface area contributed by atoms with Gasteiger partial charge in [-0.1, -0.05) is 6.07 Å². The normalized spacial score (nSPS) is 28.9. The second-order valence-corrected chi connectivity index (χ2v) is 7.80. The summed E-state index contributed by atoms with van der Waals surface area (Å²) in [5.74, 6) is -0.556. The molecule has 3 rings (SSSR count). The molecule has 1 amide bonds. The molecule has 1 aromatic carbocycles. The molecule has 1 saturated heterocycles. The second kappa shape index (κ2) is 5.37. The fourth-order valence-corrected chi connectivity index (χ4v) is 5.45. The molecule has 2 unspecified atom stereocenters. The number of benzene rings is 1. The van der Waals surface area contributed by atoms with Gasteiger partial charge in [-0.2, -0.15) is 0 Å². The van der Waals surface area contributed by atoms with Crippen LogP contribution in [-0.2, 0) is 10.0 Å². The predicted molar refractivity (Wildman–Crippen MR) is 86.2 cm³/mol. The van der Waals surface area contributed by atoms with Gasteiger partial charge in [0.1, 0.15) is 5.82 Å². The molecule has 1 spiro atoms. The van der Waals surface area contributed by atoms with E-state index >= 15 is 0 Å². The molecular weight excluding hydrogens is 337 g/mol. The minimum atomic E-state index is -3.86. The highest BCUT2D eigenvalue weighted by Crippen LogP contribution is 2.45. The summed E-state index contributed by atoms with van der Waals surface area (Å²) in [4.78, 5) is 12.5.